The predicted octanol–water partition coefficient (Wildman–Crippen LogP) is 2.83. The molecule has 5 heteroatoms. The normalized spacial score (nSPS) is 21.0. The monoisotopic (exact) mass is 289 g/mol. The number of halogens is 1. The Morgan fingerprint density at radius 1 is 1.56 bits per heavy atom. The van der Waals surface area contributed by atoms with Crippen molar-refractivity contribution in [2.45, 2.75) is 38.5 Å². The minimum absolute atomic E-state index is 0. The van der Waals surface area contributed by atoms with Crippen molar-refractivity contribution in [1.29, 1.82) is 0 Å². The molecule has 3 nitrogen and oxygen atoms in total. The molecule has 0 aromatic carbocycles. The van der Waals surface area contributed by atoms with Crippen molar-refractivity contribution < 1.29 is 0 Å². The van der Waals surface area contributed by atoms with Crippen molar-refractivity contribution in [2.75, 3.05) is 26.2 Å². The van der Waals surface area contributed by atoms with Crippen molar-refractivity contribution in [2.24, 2.45) is 5.73 Å². The molecular weight excluding hydrogens is 266 g/mol. The lowest BCUT2D eigenvalue weighted by Gasteiger charge is -2.31. The molecule has 1 unspecified atom stereocenters. The summed E-state index contributed by atoms with van der Waals surface area (Å²) >= 11 is 1.84. The Morgan fingerprint density at radius 3 is 2.94 bits per heavy atom. The van der Waals surface area contributed by atoms with Gasteiger partial charge in [0.25, 0.3) is 0 Å². The lowest BCUT2D eigenvalue weighted by atomic mass is 9.98. The van der Waals surface area contributed by atoms with E-state index in [0.717, 1.165) is 19.6 Å². The minimum atomic E-state index is 0. The van der Waals surface area contributed by atoms with Crippen LogP contribution >= 0.6 is 23.7 Å². The molecule has 0 bridgehead atoms. The molecule has 2 heterocycles. The van der Waals surface area contributed by atoms with Crippen molar-refractivity contribution >= 4 is 23.7 Å². The van der Waals surface area contributed by atoms with E-state index in [4.69, 9.17) is 10.7 Å². The molecule has 1 saturated heterocycles. The number of hydrogen-bond donors (Lipinski definition) is 1. The molecule has 1 atom stereocenters. The molecular formula is C13H24ClN3S. The van der Waals surface area contributed by atoms with Crippen LogP contribution in [0.15, 0.2) is 5.38 Å². The topological polar surface area (TPSA) is 42.1 Å². The molecule has 1 aliphatic heterocycles. The van der Waals surface area contributed by atoms with E-state index in [-0.39, 0.29) is 12.4 Å². The number of rotatable bonds is 4. The molecule has 104 valence electrons. The highest BCUT2D eigenvalue weighted by Crippen LogP contribution is 2.30. The third-order valence-electron chi connectivity index (χ3n) is 3.43. The molecule has 0 amide bonds. The Labute approximate surface area is 120 Å². The Hall–Kier alpha value is -0.160. The Morgan fingerprint density at radius 2 is 2.33 bits per heavy atom. The van der Waals surface area contributed by atoms with Gasteiger partial charge in [-0.2, -0.15) is 0 Å². The Kier molecular flexibility index (Phi) is 6.57. The van der Waals surface area contributed by atoms with Crippen LogP contribution in [0.3, 0.4) is 0 Å². The van der Waals surface area contributed by atoms with E-state index in [1.54, 1.807) is 0 Å². The van der Waals surface area contributed by atoms with Crippen LogP contribution in [-0.2, 0) is 0 Å². The molecule has 2 rings (SSSR count). The summed E-state index contributed by atoms with van der Waals surface area (Å²) in [5, 5.41) is 3.55. The van der Waals surface area contributed by atoms with Gasteiger partial charge in [-0.1, -0.05) is 13.8 Å². The van der Waals surface area contributed by atoms with Crippen LogP contribution in [-0.4, -0.2) is 36.1 Å². The maximum absolute atomic E-state index is 5.63. The van der Waals surface area contributed by atoms with Crippen LogP contribution in [0, 0.1) is 0 Å². The first-order valence-corrected chi connectivity index (χ1v) is 7.46. The van der Waals surface area contributed by atoms with Gasteiger partial charge in [-0.3, -0.25) is 0 Å². The quantitative estimate of drug-likeness (QED) is 0.927. The number of nitrogens with two attached hydrogens (primary N) is 1. The summed E-state index contributed by atoms with van der Waals surface area (Å²) in [5.74, 6) is 1.18. The highest BCUT2D eigenvalue weighted by Gasteiger charge is 2.23. The number of likely N-dealkylation sites (tertiary alicyclic amines) is 1. The second kappa shape index (κ2) is 7.43. The molecule has 0 saturated carbocycles. The highest BCUT2D eigenvalue weighted by molar-refractivity contribution is 7.09. The van der Waals surface area contributed by atoms with E-state index in [0.29, 0.717) is 11.8 Å². The highest BCUT2D eigenvalue weighted by atomic mass is 35.5. The van der Waals surface area contributed by atoms with E-state index >= 15 is 0 Å². The maximum atomic E-state index is 5.63. The standard InChI is InChI=1S/C13H23N3S.ClH/c1-10(2)12-9-17-13(15-12)11-4-3-6-16(8-11)7-5-14;/h9-11H,3-8,14H2,1-2H3;1H. The average molecular weight is 290 g/mol. The second-order valence-electron chi connectivity index (χ2n) is 5.19. The van der Waals surface area contributed by atoms with Gasteiger partial charge in [0.15, 0.2) is 0 Å². The first-order valence-electron chi connectivity index (χ1n) is 6.58. The second-order valence-corrected chi connectivity index (χ2v) is 6.08. The summed E-state index contributed by atoms with van der Waals surface area (Å²) in [6.07, 6.45) is 2.56. The van der Waals surface area contributed by atoms with Crippen molar-refractivity contribution in [3.8, 4) is 0 Å². The van der Waals surface area contributed by atoms with E-state index < -0.39 is 0 Å². The van der Waals surface area contributed by atoms with Gasteiger partial charge in [-0.15, -0.1) is 23.7 Å². The summed E-state index contributed by atoms with van der Waals surface area (Å²) in [7, 11) is 0. The molecule has 0 aliphatic carbocycles. The zero-order valence-corrected chi connectivity index (χ0v) is 12.9. The van der Waals surface area contributed by atoms with Gasteiger partial charge >= 0.3 is 0 Å². The lowest BCUT2D eigenvalue weighted by molar-refractivity contribution is 0.213. The molecule has 1 aliphatic rings. The Balaban J connectivity index is 0.00000162. The van der Waals surface area contributed by atoms with Crippen LogP contribution in [0.2, 0.25) is 0 Å². The first-order chi connectivity index (χ1) is 8.20. The number of piperidine rings is 1. The molecule has 0 spiro atoms. The van der Waals surface area contributed by atoms with Gasteiger partial charge in [-0.05, 0) is 25.3 Å². The average Bonchev–Trinajstić information content (AvgIpc) is 2.79. The van der Waals surface area contributed by atoms with E-state index in [2.05, 4.69) is 24.1 Å². The van der Waals surface area contributed by atoms with Gasteiger partial charge in [-0.25, -0.2) is 4.98 Å². The summed E-state index contributed by atoms with van der Waals surface area (Å²) in [6, 6.07) is 0. The molecule has 0 radical (unpaired) electrons. The van der Waals surface area contributed by atoms with Gasteiger partial charge in [0.2, 0.25) is 0 Å². The summed E-state index contributed by atoms with van der Waals surface area (Å²) in [4.78, 5) is 7.27. The van der Waals surface area contributed by atoms with Crippen LogP contribution in [0.4, 0.5) is 0 Å². The fourth-order valence-corrected chi connectivity index (χ4v) is 3.51. The van der Waals surface area contributed by atoms with Crippen LogP contribution in [0.5, 0.6) is 0 Å². The third kappa shape index (κ3) is 3.92. The summed E-state index contributed by atoms with van der Waals surface area (Å²) < 4.78 is 0. The minimum Gasteiger partial charge on any atom is -0.329 e. The number of hydrogen-bond acceptors (Lipinski definition) is 4. The molecule has 1 fully saturated rings. The van der Waals surface area contributed by atoms with Gasteiger partial charge in [0.1, 0.15) is 0 Å². The fraction of sp³-hybridized carbons (Fsp3) is 0.769. The molecule has 1 aromatic heterocycles. The third-order valence-corrected chi connectivity index (χ3v) is 4.46. The Bertz CT molecular complexity index is 352. The van der Waals surface area contributed by atoms with Crippen LogP contribution < -0.4 is 5.73 Å². The predicted molar refractivity (Wildman–Crippen MR) is 80.9 cm³/mol. The van der Waals surface area contributed by atoms with Gasteiger partial charge in [0.05, 0.1) is 10.7 Å². The lowest BCUT2D eigenvalue weighted by Crippen LogP contribution is -2.37. The molecule has 1 aromatic rings. The van der Waals surface area contributed by atoms with Crippen molar-refractivity contribution in [3.05, 3.63) is 16.1 Å². The fourth-order valence-electron chi connectivity index (χ4n) is 2.40. The zero-order chi connectivity index (χ0) is 12.3. The van der Waals surface area contributed by atoms with E-state index in [1.807, 2.05) is 11.3 Å². The smallest absolute Gasteiger partial charge is 0.0972 e. The number of thiazole rings is 1. The van der Waals surface area contributed by atoms with Gasteiger partial charge in [0, 0.05) is 30.9 Å². The van der Waals surface area contributed by atoms with E-state index in [9.17, 15) is 0 Å². The SMILES string of the molecule is CC(C)c1csc(C2CCCN(CCN)C2)n1.Cl. The number of aromatic nitrogens is 1. The summed E-state index contributed by atoms with van der Waals surface area (Å²) in [5.41, 5.74) is 6.88. The van der Waals surface area contributed by atoms with E-state index in [1.165, 1.54) is 30.1 Å². The van der Waals surface area contributed by atoms with Crippen LogP contribution in [0.25, 0.3) is 0 Å². The molecule has 2 N–H and O–H groups in total. The van der Waals surface area contributed by atoms with Crippen molar-refractivity contribution in [1.82, 2.24) is 9.88 Å². The first kappa shape index (κ1) is 15.9. The molecule has 18 heavy (non-hydrogen) atoms. The number of nitrogens with zero attached hydrogens (tertiary/aromatic N) is 2. The maximum Gasteiger partial charge on any atom is 0.0972 e. The van der Waals surface area contributed by atoms with Crippen LogP contribution in [0.1, 0.15) is 49.2 Å². The van der Waals surface area contributed by atoms with Crippen molar-refractivity contribution in [3.63, 3.8) is 0 Å². The summed E-state index contributed by atoms with van der Waals surface area (Å²) in [6.45, 7) is 8.56. The largest absolute Gasteiger partial charge is 0.329 e. The zero-order valence-electron chi connectivity index (χ0n) is 11.3. The van der Waals surface area contributed by atoms with Gasteiger partial charge < -0.3 is 10.6 Å².